The standard InChI is InChI=1S/C17H24N2O4/c1-11(9-16(21)12(2)18-4)17(22)19-15-7-5-14(6-8-15)10-23-13(3)20/h5-8,11-12,18H,9-10H2,1-4H3,(H,19,22)/t11-,12+/m1/s1. The molecule has 1 amide bonds. The molecule has 0 aliphatic rings. The van der Waals surface area contributed by atoms with E-state index in [4.69, 9.17) is 4.74 Å². The van der Waals surface area contributed by atoms with E-state index in [1.807, 2.05) is 0 Å². The summed E-state index contributed by atoms with van der Waals surface area (Å²) in [6.07, 6.45) is 0.193. The topological polar surface area (TPSA) is 84.5 Å². The predicted octanol–water partition coefficient (Wildman–Crippen LogP) is 1.89. The number of hydrogen-bond acceptors (Lipinski definition) is 5. The molecule has 0 heterocycles. The minimum Gasteiger partial charge on any atom is -0.461 e. The lowest BCUT2D eigenvalue weighted by Crippen LogP contribution is -2.33. The van der Waals surface area contributed by atoms with Crippen LogP contribution in [-0.4, -0.2) is 30.7 Å². The third-order valence-electron chi connectivity index (χ3n) is 3.53. The van der Waals surface area contributed by atoms with Gasteiger partial charge in [0, 0.05) is 24.9 Å². The Morgan fingerprint density at radius 1 is 1.13 bits per heavy atom. The number of hydrogen-bond donors (Lipinski definition) is 2. The van der Waals surface area contributed by atoms with Crippen LogP contribution in [-0.2, 0) is 25.7 Å². The molecule has 0 aromatic heterocycles. The number of carbonyl (C=O) groups excluding carboxylic acids is 3. The van der Waals surface area contributed by atoms with Gasteiger partial charge in [-0.3, -0.25) is 14.4 Å². The summed E-state index contributed by atoms with van der Waals surface area (Å²) in [5.41, 5.74) is 1.48. The fraction of sp³-hybridized carbons (Fsp3) is 0.471. The smallest absolute Gasteiger partial charge is 0.302 e. The van der Waals surface area contributed by atoms with Crippen LogP contribution < -0.4 is 10.6 Å². The van der Waals surface area contributed by atoms with Crippen LogP contribution >= 0.6 is 0 Å². The summed E-state index contributed by atoms with van der Waals surface area (Å²) < 4.78 is 4.89. The molecule has 0 aliphatic carbocycles. The van der Waals surface area contributed by atoms with E-state index in [-0.39, 0.29) is 36.7 Å². The molecule has 0 bridgehead atoms. The Bertz CT molecular complexity index is 554. The molecule has 0 saturated heterocycles. The molecule has 1 rings (SSSR count). The second-order valence-electron chi connectivity index (χ2n) is 5.55. The van der Waals surface area contributed by atoms with E-state index in [9.17, 15) is 14.4 Å². The maximum Gasteiger partial charge on any atom is 0.302 e. The fourth-order valence-electron chi connectivity index (χ4n) is 1.87. The average molecular weight is 320 g/mol. The highest BCUT2D eigenvalue weighted by Crippen LogP contribution is 2.13. The highest BCUT2D eigenvalue weighted by atomic mass is 16.5. The number of nitrogens with one attached hydrogen (secondary N) is 2. The molecule has 0 aliphatic heterocycles. The van der Waals surface area contributed by atoms with E-state index in [1.54, 1.807) is 45.2 Å². The molecule has 6 heteroatoms. The van der Waals surface area contributed by atoms with E-state index >= 15 is 0 Å². The third kappa shape index (κ3) is 6.61. The minimum absolute atomic E-state index is 0.00637. The van der Waals surface area contributed by atoms with Crippen molar-refractivity contribution in [2.45, 2.75) is 39.8 Å². The first kappa shape index (κ1) is 18.8. The molecule has 1 aromatic rings. The lowest BCUT2D eigenvalue weighted by molar-refractivity contribution is -0.142. The Hall–Kier alpha value is -2.21. The van der Waals surface area contributed by atoms with E-state index in [1.165, 1.54) is 6.92 Å². The molecule has 0 unspecified atom stereocenters. The second kappa shape index (κ2) is 9.05. The van der Waals surface area contributed by atoms with Gasteiger partial charge in [0.25, 0.3) is 0 Å². The van der Waals surface area contributed by atoms with Crippen LogP contribution in [0.4, 0.5) is 5.69 Å². The van der Waals surface area contributed by atoms with Crippen molar-refractivity contribution in [3.8, 4) is 0 Å². The normalized spacial score (nSPS) is 13.0. The van der Waals surface area contributed by atoms with Crippen molar-refractivity contribution in [2.24, 2.45) is 5.92 Å². The molecule has 2 atom stereocenters. The van der Waals surface area contributed by atoms with Crippen molar-refractivity contribution in [3.63, 3.8) is 0 Å². The molecule has 1 aromatic carbocycles. The molecule has 2 N–H and O–H groups in total. The van der Waals surface area contributed by atoms with E-state index in [2.05, 4.69) is 10.6 Å². The maximum absolute atomic E-state index is 12.1. The Labute approximate surface area is 136 Å². The first-order chi connectivity index (χ1) is 10.8. The van der Waals surface area contributed by atoms with Crippen molar-refractivity contribution < 1.29 is 19.1 Å². The monoisotopic (exact) mass is 320 g/mol. The highest BCUT2D eigenvalue weighted by molar-refractivity contribution is 5.96. The van der Waals surface area contributed by atoms with Crippen molar-refractivity contribution in [1.29, 1.82) is 0 Å². The lowest BCUT2D eigenvalue weighted by Gasteiger charge is -2.14. The van der Waals surface area contributed by atoms with E-state index in [0.29, 0.717) is 5.69 Å². The number of esters is 1. The number of carbonyl (C=O) groups is 3. The molecule has 0 fully saturated rings. The van der Waals surface area contributed by atoms with E-state index in [0.717, 1.165) is 5.56 Å². The van der Waals surface area contributed by atoms with Crippen LogP contribution in [0.25, 0.3) is 0 Å². The van der Waals surface area contributed by atoms with Gasteiger partial charge in [-0.05, 0) is 31.7 Å². The second-order valence-corrected chi connectivity index (χ2v) is 5.55. The number of ether oxygens (including phenoxy) is 1. The lowest BCUT2D eigenvalue weighted by atomic mass is 10.00. The number of amides is 1. The van der Waals surface area contributed by atoms with Crippen molar-refractivity contribution in [1.82, 2.24) is 5.32 Å². The summed E-state index contributed by atoms with van der Waals surface area (Å²) >= 11 is 0. The van der Waals surface area contributed by atoms with Crippen LogP contribution in [0.15, 0.2) is 24.3 Å². The number of Topliss-reactive ketones (excluding diaryl/α,β-unsaturated/α-hetero) is 1. The zero-order valence-electron chi connectivity index (χ0n) is 14.0. The van der Waals surface area contributed by atoms with Crippen LogP contribution in [0.2, 0.25) is 0 Å². The molecule has 0 spiro atoms. The summed E-state index contributed by atoms with van der Waals surface area (Å²) in [6, 6.07) is 6.77. The largest absolute Gasteiger partial charge is 0.461 e. The Balaban J connectivity index is 2.53. The molecule has 126 valence electrons. The molecule has 23 heavy (non-hydrogen) atoms. The SMILES string of the molecule is CN[C@@H](C)C(=O)C[C@@H](C)C(=O)Nc1ccc(COC(C)=O)cc1. The summed E-state index contributed by atoms with van der Waals surface area (Å²) in [4.78, 5) is 34.7. The quantitative estimate of drug-likeness (QED) is 0.715. The van der Waals surface area contributed by atoms with Crippen molar-refractivity contribution in [3.05, 3.63) is 29.8 Å². The van der Waals surface area contributed by atoms with Gasteiger partial charge in [0.1, 0.15) is 12.4 Å². The zero-order chi connectivity index (χ0) is 17.4. The number of ketones is 1. The summed E-state index contributed by atoms with van der Waals surface area (Å²) in [5, 5.41) is 5.64. The highest BCUT2D eigenvalue weighted by Gasteiger charge is 2.20. The summed E-state index contributed by atoms with van der Waals surface area (Å²) in [5.74, 6) is -0.933. The van der Waals surface area contributed by atoms with Gasteiger partial charge >= 0.3 is 5.97 Å². The van der Waals surface area contributed by atoms with Gasteiger partial charge in [0.05, 0.1) is 6.04 Å². The van der Waals surface area contributed by atoms with Crippen molar-refractivity contribution >= 4 is 23.3 Å². The summed E-state index contributed by atoms with van der Waals surface area (Å²) in [7, 11) is 1.71. The molecular weight excluding hydrogens is 296 g/mol. The van der Waals surface area contributed by atoms with Crippen LogP contribution in [0.3, 0.4) is 0 Å². The van der Waals surface area contributed by atoms with Gasteiger partial charge in [0.2, 0.25) is 5.91 Å². The van der Waals surface area contributed by atoms with Gasteiger partial charge in [-0.1, -0.05) is 19.1 Å². The first-order valence-corrected chi connectivity index (χ1v) is 7.56. The van der Waals surface area contributed by atoms with E-state index < -0.39 is 5.92 Å². The summed E-state index contributed by atoms with van der Waals surface area (Å²) in [6.45, 7) is 5.06. The molecular formula is C17H24N2O4. The average Bonchev–Trinajstić information content (AvgIpc) is 2.53. The first-order valence-electron chi connectivity index (χ1n) is 7.56. The fourth-order valence-corrected chi connectivity index (χ4v) is 1.87. The Morgan fingerprint density at radius 3 is 2.26 bits per heavy atom. The molecule has 0 saturated carbocycles. The minimum atomic E-state index is -0.404. The molecule has 6 nitrogen and oxygen atoms in total. The van der Waals surface area contributed by atoms with Gasteiger partial charge in [-0.25, -0.2) is 0 Å². The van der Waals surface area contributed by atoms with Gasteiger partial charge in [-0.15, -0.1) is 0 Å². The Morgan fingerprint density at radius 2 is 1.74 bits per heavy atom. The number of anilines is 1. The zero-order valence-corrected chi connectivity index (χ0v) is 14.0. The number of rotatable bonds is 8. The van der Waals surface area contributed by atoms with Crippen LogP contribution in [0.5, 0.6) is 0 Å². The predicted molar refractivity (Wildman–Crippen MR) is 87.9 cm³/mol. The van der Waals surface area contributed by atoms with Gasteiger partial charge in [0.15, 0.2) is 0 Å². The van der Waals surface area contributed by atoms with Crippen molar-refractivity contribution in [2.75, 3.05) is 12.4 Å². The van der Waals surface area contributed by atoms with Gasteiger partial charge in [-0.2, -0.15) is 0 Å². The van der Waals surface area contributed by atoms with Gasteiger partial charge < -0.3 is 15.4 Å². The van der Waals surface area contributed by atoms with Crippen LogP contribution in [0.1, 0.15) is 32.8 Å². The number of likely N-dealkylation sites (N-methyl/N-ethyl adjacent to an activating group) is 1. The third-order valence-corrected chi connectivity index (χ3v) is 3.53. The maximum atomic E-state index is 12.1. The Kier molecular flexibility index (Phi) is 7.41. The van der Waals surface area contributed by atoms with Crippen LogP contribution in [0, 0.1) is 5.92 Å². The number of benzene rings is 1. The molecule has 0 radical (unpaired) electrons.